The van der Waals surface area contributed by atoms with Crippen LogP contribution in [-0.2, 0) is 4.74 Å². The third kappa shape index (κ3) is 17.3. The summed E-state index contributed by atoms with van der Waals surface area (Å²) < 4.78 is 28.8. The molecule has 4 aliphatic heterocycles. The molecule has 590 valence electrons. The van der Waals surface area contributed by atoms with Gasteiger partial charge in [-0.3, -0.25) is 58.1 Å². The van der Waals surface area contributed by atoms with E-state index >= 15 is 0 Å². The van der Waals surface area contributed by atoms with Gasteiger partial charge in [-0.2, -0.15) is 0 Å². The molecular formula is C94H101FN20O. The average Bonchev–Trinajstić information content (AvgIpc) is 1.63. The second kappa shape index (κ2) is 36.0. The molecule has 0 atom stereocenters. The maximum Gasteiger partial charge on any atom is 0.147 e. The predicted molar refractivity (Wildman–Crippen MR) is 468 cm³/mol. The third-order valence-corrected chi connectivity index (χ3v) is 21.7. The van der Waals surface area contributed by atoms with Crippen molar-refractivity contribution in [3.05, 3.63) is 267 Å². The summed E-state index contributed by atoms with van der Waals surface area (Å²) in [5.74, 6) is 4.02. The minimum Gasteiger partial charge on any atom is -0.382 e. The lowest BCUT2D eigenvalue weighted by molar-refractivity contribution is 0.0904. The molecule has 1 N–H and O–H groups in total. The second-order valence-corrected chi connectivity index (χ2v) is 29.6. The molecule has 0 radical (unpaired) electrons. The lowest BCUT2D eigenvalue weighted by atomic mass is 9.98. The number of anilines is 4. The fourth-order valence-electron chi connectivity index (χ4n) is 15.4. The molecule has 0 unspecified atom stereocenters. The molecule has 4 saturated heterocycles. The summed E-state index contributed by atoms with van der Waals surface area (Å²) in [6, 6.07) is 55.9. The highest BCUT2D eigenvalue weighted by atomic mass is 19.1. The molecule has 116 heavy (non-hydrogen) atoms. The molecule has 0 bridgehead atoms. The third-order valence-electron chi connectivity index (χ3n) is 21.7. The van der Waals surface area contributed by atoms with E-state index in [1.54, 1.807) is 37.1 Å². The Hall–Kier alpha value is -13.0. The van der Waals surface area contributed by atoms with Gasteiger partial charge < -0.3 is 24.8 Å². The molecule has 0 aliphatic carbocycles. The molecule has 0 amide bonds. The van der Waals surface area contributed by atoms with Crippen LogP contribution in [0, 0.1) is 39.4 Å². The first-order valence-electron chi connectivity index (χ1n) is 39.2. The van der Waals surface area contributed by atoms with Crippen molar-refractivity contribution < 1.29 is 9.13 Å². The molecule has 22 heteroatoms. The zero-order chi connectivity index (χ0) is 76.7. The summed E-state index contributed by atoms with van der Waals surface area (Å²) >= 11 is 0. The first-order valence-corrected chi connectivity index (χ1v) is 39.2. The Morgan fingerprint density at radius 3 is 1.01 bits per heavy atom. The van der Waals surface area contributed by atoms with Gasteiger partial charge in [0.2, 0.25) is 0 Å². The Labute approximate surface area is 678 Å². The van der Waals surface area contributed by atoms with Crippen LogP contribution in [0.5, 0.6) is 0 Å². The van der Waals surface area contributed by atoms with E-state index in [0.29, 0.717) is 17.6 Å². The number of aromatic nitrogens is 16. The maximum atomic E-state index is 14.9. The minimum absolute atomic E-state index is 0. The lowest BCUT2D eigenvalue weighted by Gasteiger charge is -2.32. The standard InChI is InChI=1S/C24H25N5.C23H23N5O.C22H20FN5.C22H21N5.3CH4/c1-17-10-13-28(14-11-17)20-7-4-19(5-8-20)24-27-22-9-12-25-16-23(22)29(24)21-6-3-18(2)26-15-21;1-16-2-7-20(14-25-16)28-22-15-24-11-8-21(22)27-23(28)17-3-5-18(6-4-17)26-19-9-12-29-13-10-19;1-15-4-6-17(13-25-15)28-21-14-24-9-8-19(21)26-22(28)16-5-7-20(18(23)12-16)27-10-2-3-11-27;1-16-4-7-19(14-24-16)27-21-15-23-11-10-20(21)25-22(27)17-5-8-18(9-6-17)26-12-2-3-13-26;;;/h3-9,12,15-17H,10-11,13-14H2,1-2H3;2-8,11,14-15,19,26H,9-10,12-13H2,1H3;4-9,12-14H,2-3,10-11H2,1H3;4-11,14-15H,2-3,12-13H2,1H3;3*1H4. The van der Waals surface area contributed by atoms with E-state index in [2.05, 4.69) is 172 Å². The summed E-state index contributed by atoms with van der Waals surface area (Å²) in [5, 5.41) is 3.61. The number of hydrogen-bond donors (Lipinski definition) is 1. The quantitative estimate of drug-likeness (QED) is 0.114. The van der Waals surface area contributed by atoms with Crippen molar-refractivity contribution in [2.45, 2.75) is 114 Å². The van der Waals surface area contributed by atoms with Crippen molar-refractivity contribution in [1.82, 2.24) is 78.1 Å². The van der Waals surface area contributed by atoms with Crippen LogP contribution in [0.2, 0.25) is 0 Å². The predicted octanol–water partition coefficient (Wildman–Crippen LogP) is 20.2. The Morgan fingerprint density at radius 2 is 0.664 bits per heavy atom. The number of pyridine rings is 8. The van der Waals surface area contributed by atoms with Crippen LogP contribution < -0.4 is 20.0 Å². The number of benzene rings is 4. The van der Waals surface area contributed by atoms with E-state index in [1.807, 2.05) is 142 Å². The Kier molecular flexibility index (Phi) is 24.8. The lowest BCUT2D eigenvalue weighted by Crippen LogP contribution is -2.32. The number of halogens is 1. The Bertz CT molecular complexity index is 5920. The number of piperidine rings is 1. The van der Waals surface area contributed by atoms with Crippen LogP contribution in [-0.4, -0.2) is 137 Å². The van der Waals surface area contributed by atoms with E-state index < -0.39 is 0 Å². The first-order chi connectivity index (χ1) is 55.5. The van der Waals surface area contributed by atoms with E-state index in [9.17, 15) is 4.39 Å². The number of fused-ring (bicyclic) bond motifs is 4. The van der Waals surface area contributed by atoms with Crippen LogP contribution in [0.15, 0.2) is 238 Å². The first kappa shape index (κ1) is 79.7. The molecule has 20 rings (SSSR count). The van der Waals surface area contributed by atoms with Crippen LogP contribution in [0.1, 0.15) is 103 Å². The van der Waals surface area contributed by atoms with Gasteiger partial charge in [0.15, 0.2) is 0 Å². The highest BCUT2D eigenvalue weighted by Crippen LogP contribution is 2.37. The number of rotatable bonds is 13. The van der Waals surface area contributed by atoms with Crippen LogP contribution in [0.25, 0.3) is 112 Å². The van der Waals surface area contributed by atoms with Crippen LogP contribution >= 0.6 is 0 Å². The van der Waals surface area contributed by atoms with Gasteiger partial charge >= 0.3 is 0 Å². The molecule has 4 aromatic carbocycles. The van der Waals surface area contributed by atoms with Crippen molar-refractivity contribution in [3.63, 3.8) is 0 Å². The van der Waals surface area contributed by atoms with Crippen molar-refractivity contribution in [3.8, 4) is 68.3 Å². The summed E-state index contributed by atoms with van der Waals surface area (Å²) in [6.45, 7) is 18.3. The zero-order valence-electron chi connectivity index (χ0n) is 64.3. The summed E-state index contributed by atoms with van der Waals surface area (Å²) in [5.41, 5.74) is 23.5. The largest absolute Gasteiger partial charge is 0.382 e. The molecule has 4 fully saturated rings. The van der Waals surface area contributed by atoms with Gasteiger partial charge in [0.25, 0.3) is 0 Å². The van der Waals surface area contributed by atoms with Gasteiger partial charge in [0, 0.05) is 145 Å². The minimum atomic E-state index is -0.210. The normalized spacial score (nSPS) is 14.2. The van der Waals surface area contributed by atoms with Gasteiger partial charge in [-0.05, 0) is 249 Å². The molecule has 0 spiro atoms. The number of nitrogens with zero attached hydrogens (tertiary/aromatic N) is 19. The molecule has 21 nitrogen and oxygen atoms in total. The smallest absolute Gasteiger partial charge is 0.147 e. The monoisotopic (exact) mass is 1540 g/mol. The fourth-order valence-corrected chi connectivity index (χ4v) is 15.4. The molecule has 4 aliphatic rings. The molecule has 12 aromatic heterocycles. The topological polar surface area (TPSA) is 205 Å². The number of aryl methyl sites for hydroxylation is 4. The highest BCUT2D eigenvalue weighted by molar-refractivity contribution is 5.86. The highest BCUT2D eigenvalue weighted by Gasteiger charge is 2.24. The van der Waals surface area contributed by atoms with Gasteiger partial charge in [-0.1, -0.05) is 29.2 Å². The number of ether oxygens (including phenoxy) is 1. The Balaban J connectivity index is 0.000000126. The van der Waals surface area contributed by atoms with Gasteiger partial charge in [-0.15, -0.1) is 0 Å². The van der Waals surface area contributed by atoms with Crippen molar-refractivity contribution in [1.29, 1.82) is 0 Å². The zero-order valence-corrected chi connectivity index (χ0v) is 64.3. The van der Waals surface area contributed by atoms with E-state index in [0.717, 1.165) is 219 Å². The van der Waals surface area contributed by atoms with Crippen LogP contribution in [0.4, 0.5) is 27.1 Å². The molecular weight excluding hydrogens is 1440 g/mol. The average molecular weight is 1550 g/mol. The summed E-state index contributed by atoms with van der Waals surface area (Å²) in [6.07, 6.45) is 31.3. The second-order valence-electron chi connectivity index (χ2n) is 29.6. The molecule has 0 saturated carbocycles. The summed E-state index contributed by atoms with van der Waals surface area (Å²) in [4.78, 5) is 61.5. The van der Waals surface area contributed by atoms with E-state index in [4.69, 9.17) is 24.7 Å². The molecule has 16 heterocycles. The molecule has 16 aromatic rings. The number of nitrogens with one attached hydrogen (secondary N) is 1. The van der Waals surface area contributed by atoms with Crippen molar-refractivity contribution in [2.75, 3.05) is 72.5 Å². The van der Waals surface area contributed by atoms with Crippen molar-refractivity contribution in [2.24, 2.45) is 5.92 Å². The van der Waals surface area contributed by atoms with Gasteiger partial charge in [0.05, 0.1) is 122 Å². The Morgan fingerprint density at radius 1 is 0.345 bits per heavy atom. The van der Waals surface area contributed by atoms with Crippen LogP contribution in [0.3, 0.4) is 0 Å². The maximum absolute atomic E-state index is 14.9. The fraction of sp³-hybridized carbons (Fsp3) is 0.277. The van der Waals surface area contributed by atoms with Gasteiger partial charge in [0.1, 0.15) is 29.1 Å². The SMILES string of the molecule is C.C.C.Cc1ccc(-n2c(-c3ccc(N4CCC(C)CC4)cc3)nc3ccncc32)cn1.Cc1ccc(-n2c(-c3ccc(N4CCCC4)c(F)c3)nc3ccncc32)cn1.Cc1ccc(-n2c(-c3ccc(N4CCCC4)cc3)nc3ccncc32)cn1.Cc1ccc(-n2c(-c3ccc(NC4CCOCC4)cc3)nc3ccncc32)cn1. The van der Waals surface area contributed by atoms with E-state index in [-0.39, 0.29) is 28.1 Å². The number of imidazole rings is 4. The van der Waals surface area contributed by atoms with E-state index in [1.165, 1.54) is 37.1 Å². The summed E-state index contributed by atoms with van der Waals surface area (Å²) in [7, 11) is 0. The van der Waals surface area contributed by atoms with Crippen molar-refractivity contribution >= 4 is 66.9 Å². The van der Waals surface area contributed by atoms with Gasteiger partial charge in [-0.25, -0.2) is 24.3 Å². The number of hydrogen-bond acceptors (Lipinski definition) is 17.